The maximum Gasteiger partial charge on any atom is 0.319 e. The number of benzene rings is 2. The van der Waals surface area contributed by atoms with Crippen molar-refractivity contribution in [2.24, 2.45) is 9.55 Å². The summed E-state index contributed by atoms with van der Waals surface area (Å²) in [7, 11) is -2.41. The fourth-order valence-electron chi connectivity index (χ4n) is 2.52. The van der Waals surface area contributed by atoms with Crippen LogP contribution in [-0.2, 0) is 10.2 Å². The highest BCUT2D eigenvalue weighted by molar-refractivity contribution is 9.10. The van der Waals surface area contributed by atoms with Crippen LogP contribution in [0.4, 0.5) is 15.9 Å². The van der Waals surface area contributed by atoms with Gasteiger partial charge in [-0.3, -0.25) is 0 Å². The fraction of sp³-hybridized carbons (Fsp3) is 0.158. The lowest BCUT2D eigenvalue weighted by atomic mass is 10.2. The minimum Gasteiger partial charge on any atom is -0.497 e. The number of amidine groups is 1. The molecule has 0 aliphatic heterocycles. The Hall–Kier alpha value is -3.56. The number of hydrogen-bond acceptors (Lipinski definition) is 9. The van der Waals surface area contributed by atoms with Gasteiger partial charge in [0.15, 0.2) is 5.69 Å². The van der Waals surface area contributed by atoms with Crippen LogP contribution in [0.15, 0.2) is 61.1 Å². The number of oxime groups is 1. The van der Waals surface area contributed by atoms with Crippen molar-refractivity contribution in [1.29, 1.82) is 0 Å². The number of anilines is 2. The summed E-state index contributed by atoms with van der Waals surface area (Å²) in [5, 5.41) is 25.4. The zero-order valence-corrected chi connectivity index (χ0v) is 20.0. The molecule has 0 amide bonds. The number of nitrogens with one attached hydrogen (secondary N) is 3. The lowest BCUT2D eigenvalue weighted by molar-refractivity contribution is 0.305. The van der Waals surface area contributed by atoms with Gasteiger partial charge < -0.3 is 20.6 Å². The zero-order chi connectivity index (χ0) is 24.6. The standard InChI is InChI=1S/C19H19BrFN7O5S/c1-32-14-5-2-12(3-6-14)11-24-34(30,31)23-9-8-22-18-17(27-33-28-18)19(26-29)25-13-4-7-16(21)15(20)10-13/h2-7,10-11,23,29H,8-9H2,1H3,(H,22,28)(H,25,26)/b24-11+. The molecular weight excluding hydrogens is 537 g/mol. The molecule has 1 aromatic heterocycles. The molecule has 0 bridgehead atoms. The zero-order valence-electron chi connectivity index (χ0n) is 17.6. The molecule has 0 saturated heterocycles. The Bertz CT molecular complexity index is 1280. The maximum absolute atomic E-state index is 13.4. The third kappa shape index (κ3) is 6.97. The van der Waals surface area contributed by atoms with E-state index in [2.05, 4.69) is 55.8 Å². The molecule has 3 rings (SSSR count). The van der Waals surface area contributed by atoms with Crippen LogP contribution < -0.4 is 20.1 Å². The van der Waals surface area contributed by atoms with Crippen LogP contribution in [0.5, 0.6) is 5.75 Å². The van der Waals surface area contributed by atoms with Crippen molar-refractivity contribution in [2.45, 2.75) is 0 Å². The summed E-state index contributed by atoms with van der Waals surface area (Å²) >= 11 is 3.06. The Morgan fingerprint density at radius 2 is 2.00 bits per heavy atom. The van der Waals surface area contributed by atoms with Crippen LogP contribution >= 0.6 is 15.9 Å². The van der Waals surface area contributed by atoms with Crippen LogP contribution in [-0.4, -0.2) is 56.2 Å². The van der Waals surface area contributed by atoms with E-state index in [9.17, 15) is 18.0 Å². The molecule has 0 saturated carbocycles. The van der Waals surface area contributed by atoms with Crippen molar-refractivity contribution in [3.8, 4) is 5.75 Å². The summed E-state index contributed by atoms with van der Waals surface area (Å²) in [6.45, 7) is 0.0395. The third-order valence-electron chi connectivity index (χ3n) is 4.15. The van der Waals surface area contributed by atoms with Crippen molar-refractivity contribution < 1.29 is 27.4 Å². The van der Waals surface area contributed by atoms with E-state index in [1.807, 2.05) is 0 Å². The van der Waals surface area contributed by atoms with Crippen LogP contribution in [0.25, 0.3) is 0 Å². The van der Waals surface area contributed by atoms with Gasteiger partial charge in [-0.1, -0.05) is 5.16 Å². The number of ether oxygens (including phenoxy) is 1. The summed E-state index contributed by atoms with van der Waals surface area (Å²) in [6, 6.07) is 10.8. The molecule has 15 heteroatoms. The van der Waals surface area contributed by atoms with Gasteiger partial charge in [0.25, 0.3) is 0 Å². The molecule has 0 fully saturated rings. The smallest absolute Gasteiger partial charge is 0.319 e. The molecular formula is C19H19BrFN7O5S. The van der Waals surface area contributed by atoms with Crippen LogP contribution in [0.2, 0.25) is 0 Å². The predicted octanol–water partition coefficient (Wildman–Crippen LogP) is 2.59. The molecule has 2 aromatic carbocycles. The van der Waals surface area contributed by atoms with E-state index in [1.165, 1.54) is 31.5 Å². The van der Waals surface area contributed by atoms with Gasteiger partial charge >= 0.3 is 10.2 Å². The maximum atomic E-state index is 13.4. The molecule has 0 aliphatic carbocycles. The summed E-state index contributed by atoms with van der Waals surface area (Å²) in [4.78, 5) is 0. The highest BCUT2D eigenvalue weighted by Crippen LogP contribution is 2.21. The van der Waals surface area contributed by atoms with Gasteiger partial charge in [-0.05, 0) is 74.3 Å². The van der Waals surface area contributed by atoms with Crippen molar-refractivity contribution in [3.05, 3.63) is 64.0 Å². The van der Waals surface area contributed by atoms with Gasteiger partial charge in [0, 0.05) is 25.0 Å². The van der Waals surface area contributed by atoms with Gasteiger partial charge in [0.05, 0.1) is 11.6 Å². The largest absolute Gasteiger partial charge is 0.497 e. The minimum atomic E-state index is -3.94. The summed E-state index contributed by atoms with van der Waals surface area (Å²) < 4.78 is 53.3. The molecule has 34 heavy (non-hydrogen) atoms. The van der Waals surface area contributed by atoms with E-state index in [-0.39, 0.29) is 34.9 Å². The summed E-state index contributed by atoms with van der Waals surface area (Å²) in [5.41, 5.74) is 1.000. The molecule has 0 aliphatic rings. The molecule has 12 nitrogen and oxygen atoms in total. The second-order valence-corrected chi connectivity index (χ2v) is 8.77. The highest BCUT2D eigenvalue weighted by Gasteiger charge is 2.18. The molecule has 0 atom stereocenters. The number of nitrogens with zero attached hydrogens (tertiary/aromatic N) is 4. The predicted molar refractivity (Wildman–Crippen MR) is 126 cm³/mol. The fourth-order valence-corrected chi connectivity index (χ4v) is 3.59. The average Bonchev–Trinajstić information content (AvgIpc) is 3.30. The summed E-state index contributed by atoms with van der Waals surface area (Å²) in [5.74, 6) is 0.129. The molecule has 3 aromatic rings. The Morgan fingerprint density at radius 1 is 1.24 bits per heavy atom. The van der Waals surface area contributed by atoms with Crippen molar-refractivity contribution in [2.75, 3.05) is 30.8 Å². The Kier molecular flexibility index (Phi) is 8.50. The van der Waals surface area contributed by atoms with Crippen molar-refractivity contribution >= 4 is 49.7 Å². The first-order valence-corrected chi connectivity index (χ1v) is 11.7. The molecule has 0 spiro atoms. The van der Waals surface area contributed by atoms with Crippen molar-refractivity contribution in [3.63, 3.8) is 0 Å². The van der Waals surface area contributed by atoms with E-state index in [0.29, 0.717) is 17.0 Å². The lowest BCUT2D eigenvalue weighted by Gasteiger charge is -2.08. The minimum absolute atomic E-state index is 0.0170. The lowest BCUT2D eigenvalue weighted by Crippen LogP contribution is -2.28. The van der Waals surface area contributed by atoms with E-state index in [1.54, 1.807) is 24.3 Å². The molecule has 0 radical (unpaired) electrons. The molecule has 180 valence electrons. The Balaban J connectivity index is 1.54. The SMILES string of the molecule is COc1ccc(/C=N/S(=O)(=O)NCCNc2nonc2/C(=N/O)Nc2ccc(F)c(Br)c2)cc1. The first-order valence-electron chi connectivity index (χ1n) is 9.51. The molecule has 0 unspecified atom stereocenters. The van der Waals surface area contributed by atoms with Gasteiger partial charge in [0.2, 0.25) is 11.7 Å². The first kappa shape index (κ1) is 25.1. The number of hydrogen-bond donors (Lipinski definition) is 4. The number of aromatic nitrogens is 2. The number of methoxy groups -OCH3 is 1. The van der Waals surface area contributed by atoms with Gasteiger partial charge in [-0.15, -0.1) is 0 Å². The van der Waals surface area contributed by atoms with Crippen LogP contribution in [0, 0.1) is 5.82 Å². The second kappa shape index (κ2) is 11.5. The van der Waals surface area contributed by atoms with E-state index in [4.69, 9.17) is 4.74 Å². The van der Waals surface area contributed by atoms with E-state index in [0.717, 1.165) is 0 Å². The van der Waals surface area contributed by atoms with Crippen molar-refractivity contribution in [1.82, 2.24) is 15.0 Å². The number of rotatable bonds is 10. The van der Waals surface area contributed by atoms with E-state index >= 15 is 0 Å². The average molecular weight is 556 g/mol. The third-order valence-corrected chi connectivity index (χ3v) is 5.71. The topological polar surface area (TPSA) is 163 Å². The van der Waals surface area contributed by atoms with Gasteiger partial charge in [-0.25, -0.2) is 9.02 Å². The van der Waals surface area contributed by atoms with Gasteiger partial charge in [0.1, 0.15) is 11.6 Å². The first-order chi connectivity index (χ1) is 16.3. The quantitative estimate of drug-likeness (QED) is 0.0967. The van der Waals surface area contributed by atoms with Gasteiger partial charge in [-0.2, -0.15) is 17.5 Å². The normalized spacial score (nSPS) is 12.1. The van der Waals surface area contributed by atoms with E-state index < -0.39 is 16.0 Å². The van der Waals surface area contributed by atoms with Crippen LogP contribution in [0.1, 0.15) is 11.3 Å². The highest BCUT2D eigenvalue weighted by atomic mass is 79.9. The Labute approximate surface area is 202 Å². The Morgan fingerprint density at radius 3 is 2.68 bits per heavy atom. The second-order valence-electron chi connectivity index (χ2n) is 6.47. The molecule has 4 N–H and O–H groups in total. The van der Waals surface area contributed by atoms with Crippen LogP contribution in [0.3, 0.4) is 0 Å². The summed E-state index contributed by atoms with van der Waals surface area (Å²) in [6.07, 6.45) is 1.21. The molecule has 1 heterocycles. The number of halogens is 2. The monoisotopic (exact) mass is 555 g/mol.